The van der Waals surface area contributed by atoms with Gasteiger partial charge in [0.25, 0.3) is 5.91 Å². The minimum atomic E-state index is -0.0167. The van der Waals surface area contributed by atoms with Gasteiger partial charge in [-0.2, -0.15) is 0 Å². The van der Waals surface area contributed by atoms with Crippen LogP contribution in [0.5, 0.6) is 5.75 Å². The minimum Gasteiger partial charge on any atom is -0.495 e. The van der Waals surface area contributed by atoms with Crippen molar-refractivity contribution in [1.29, 1.82) is 0 Å². The number of nitrogens with one attached hydrogen (secondary N) is 2. The number of nitrogens with zero attached hydrogens (tertiary/aromatic N) is 1. The highest BCUT2D eigenvalue weighted by Gasteiger charge is 2.22. The Morgan fingerprint density at radius 2 is 1.77 bits per heavy atom. The maximum atomic E-state index is 13.1. The summed E-state index contributed by atoms with van der Waals surface area (Å²) < 4.78 is 7.73. The molecule has 0 radical (unpaired) electrons. The van der Waals surface area contributed by atoms with Crippen LogP contribution in [0.4, 0.5) is 0 Å². The van der Waals surface area contributed by atoms with E-state index in [1.54, 1.807) is 12.0 Å². The number of carbonyl (C=O) groups is 1. The molecule has 156 valence electrons. The summed E-state index contributed by atoms with van der Waals surface area (Å²) in [6, 6.07) is 20.1. The number of benzene rings is 2. The number of aromatic nitrogens is 1. The Hall–Kier alpha value is -3.05. The number of rotatable bonds is 7. The van der Waals surface area contributed by atoms with Crippen molar-refractivity contribution >= 4 is 5.91 Å². The summed E-state index contributed by atoms with van der Waals surface area (Å²) >= 11 is 0. The van der Waals surface area contributed by atoms with Crippen molar-refractivity contribution in [2.24, 2.45) is 0 Å². The van der Waals surface area contributed by atoms with Gasteiger partial charge < -0.3 is 19.5 Å². The van der Waals surface area contributed by atoms with E-state index in [1.165, 1.54) is 25.9 Å². The van der Waals surface area contributed by atoms with Gasteiger partial charge in [-0.15, -0.1) is 0 Å². The molecule has 0 atom stereocenters. The molecule has 3 aromatic rings. The Kier molecular flexibility index (Phi) is 6.19. The Morgan fingerprint density at radius 1 is 1.07 bits per heavy atom. The van der Waals surface area contributed by atoms with E-state index >= 15 is 0 Å². The molecule has 1 amide bonds. The lowest BCUT2D eigenvalue weighted by Crippen LogP contribution is -3.10. The lowest BCUT2D eigenvalue weighted by molar-refractivity contribution is -0.886. The maximum absolute atomic E-state index is 13.1. The second-order valence-electron chi connectivity index (χ2n) is 7.86. The number of amides is 1. The maximum Gasteiger partial charge on any atom is 0.253 e. The van der Waals surface area contributed by atoms with Crippen LogP contribution in [0.2, 0.25) is 0 Å². The van der Waals surface area contributed by atoms with E-state index < -0.39 is 0 Å². The van der Waals surface area contributed by atoms with Crippen molar-refractivity contribution in [3.8, 4) is 22.7 Å². The van der Waals surface area contributed by atoms with Gasteiger partial charge in [-0.1, -0.05) is 42.5 Å². The van der Waals surface area contributed by atoms with E-state index in [1.807, 2.05) is 55.5 Å². The van der Waals surface area contributed by atoms with E-state index in [0.29, 0.717) is 12.1 Å². The zero-order chi connectivity index (χ0) is 20.9. The zero-order valence-electron chi connectivity index (χ0n) is 17.8. The summed E-state index contributed by atoms with van der Waals surface area (Å²) in [7, 11) is 1.67. The smallest absolute Gasteiger partial charge is 0.253 e. The second-order valence-corrected chi connectivity index (χ2v) is 7.86. The van der Waals surface area contributed by atoms with Crippen LogP contribution in [0.15, 0.2) is 60.7 Å². The fourth-order valence-corrected chi connectivity index (χ4v) is 4.36. The third-order valence-corrected chi connectivity index (χ3v) is 5.96. The molecule has 2 aromatic carbocycles. The van der Waals surface area contributed by atoms with Gasteiger partial charge >= 0.3 is 0 Å². The highest BCUT2D eigenvalue weighted by Crippen LogP contribution is 2.33. The molecule has 1 aliphatic heterocycles. The first-order valence-electron chi connectivity index (χ1n) is 10.7. The SMILES string of the molecule is COc1ccccc1-n1c(-c2ccccc2)cc(C(=O)NCC[NH+]2CCCC2)c1C. The number of likely N-dealkylation sites (tertiary alicyclic amines) is 1. The third kappa shape index (κ3) is 4.12. The van der Waals surface area contributed by atoms with Crippen molar-refractivity contribution in [3.05, 3.63) is 71.9 Å². The number of hydrogen-bond donors (Lipinski definition) is 2. The summed E-state index contributed by atoms with van der Waals surface area (Å²) in [5.74, 6) is 0.759. The number of carbonyl (C=O) groups excluding carboxylic acids is 1. The van der Waals surface area contributed by atoms with Gasteiger partial charge in [0.1, 0.15) is 5.75 Å². The molecular formula is C25H30N3O2+. The van der Waals surface area contributed by atoms with Gasteiger partial charge in [-0.05, 0) is 30.7 Å². The molecule has 1 saturated heterocycles. The Morgan fingerprint density at radius 3 is 2.50 bits per heavy atom. The lowest BCUT2D eigenvalue weighted by atomic mass is 10.1. The average molecular weight is 405 g/mol. The van der Waals surface area contributed by atoms with Crippen molar-refractivity contribution in [1.82, 2.24) is 9.88 Å². The Bertz CT molecular complexity index is 1000. The Labute approximate surface area is 178 Å². The molecule has 5 nitrogen and oxygen atoms in total. The molecule has 0 bridgehead atoms. The van der Waals surface area contributed by atoms with Crippen LogP contribution in [-0.4, -0.2) is 43.8 Å². The number of methoxy groups -OCH3 is 1. The Balaban J connectivity index is 1.68. The first kappa shape index (κ1) is 20.2. The quantitative estimate of drug-likeness (QED) is 0.636. The van der Waals surface area contributed by atoms with Crippen LogP contribution >= 0.6 is 0 Å². The highest BCUT2D eigenvalue weighted by atomic mass is 16.5. The van der Waals surface area contributed by atoms with E-state index in [9.17, 15) is 4.79 Å². The van der Waals surface area contributed by atoms with Gasteiger partial charge in [-0.25, -0.2) is 0 Å². The van der Waals surface area contributed by atoms with Gasteiger partial charge in [0.05, 0.1) is 50.2 Å². The monoisotopic (exact) mass is 404 g/mol. The molecule has 5 heteroatoms. The molecule has 0 unspecified atom stereocenters. The standard InChI is InChI=1S/C25H29N3O2/c1-19-21(25(29)26-14-17-27-15-8-9-16-27)18-23(20-10-4-3-5-11-20)28(19)22-12-6-7-13-24(22)30-2/h3-7,10-13,18H,8-9,14-17H2,1-2H3,(H,26,29)/p+1. The molecule has 1 fully saturated rings. The topological polar surface area (TPSA) is 47.7 Å². The molecule has 4 rings (SSSR count). The van der Waals surface area contributed by atoms with Crippen LogP contribution in [-0.2, 0) is 0 Å². The number of para-hydroxylation sites is 2. The molecule has 1 aliphatic rings. The van der Waals surface area contributed by atoms with E-state index in [2.05, 4.69) is 22.0 Å². The predicted octanol–water partition coefficient (Wildman–Crippen LogP) is 2.87. The zero-order valence-corrected chi connectivity index (χ0v) is 17.8. The van der Waals surface area contributed by atoms with Crippen molar-refractivity contribution < 1.29 is 14.4 Å². The number of quaternary nitrogens is 1. The molecule has 0 aliphatic carbocycles. The number of hydrogen-bond acceptors (Lipinski definition) is 2. The summed E-state index contributed by atoms with van der Waals surface area (Å²) in [4.78, 5) is 14.6. The van der Waals surface area contributed by atoms with Gasteiger partial charge in [0.15, 0.2) is 0 Å². The van der Waals surface area contributed by atoms with Crippen molar-refractivity contribution in [2.45, 2.75) is 19.8 Å². The molecule has 0 saturated carbocycles. The molecule has 1 aromatic heterocycles. The first-order valence-corrected chi connectivity index (χ1v) is 10.7. The summed E-state index contributed by atoms with van der Waals surface area (Å²) in [5.41, 5.74) is 4.58. The molecule has 2 N–H and O–H groups in total. The van der Waals surface area contributed by atoms with E-state index in [-0.39, 0.29) is 5.91 Å². The van der Waals surface area contributed by atoms with Gasteiger partial charge in [0, 0.05) is 18.5 Å². The minimum absolute atomic E-state index is 0.0167. The molecule has 2 heterocycles. The van der Waals surface area contributed by atoms with E-state index in [4.69, 9.17) is 4.74 Å². The van der Waals surface area contributed by atoms with Crippen LogP contribution in [0.3, 0.4) is 0 Å². The molecule has 0 spiro atoms. The largest absolute Gasteiger partial charge is 0.495 e. The first-order chi connectivity index (χ1) is 14.7. The van der Waals surface area contributed by atoms with Crippen LogP contribution < -0.4 is 15.0 Å². The normalized spacial score (nSPS) is 14.1. The van der Waals surface area contributed by atoms with Crippen LogP contribution in [0.25, 0.3) is 16.9 Å². The van der Waals surface area contributed by atoms with Gasteiger partial charge in [-0.3, -0.25) is 4.79 Å². The highest BCUT2D eigenvalue weighted by molar-refractivity contribution is 5.97. The van der Waals surface area contributed by atoms with Crippen LogP contribution in [0.1, 0.15) is 28.9 Å². The fourth-order valence-electron chi connectivity index (χ4n) is 4.36. The predicted molar refractivity (Wildman–Crippen MR) is 120 cm³/mol. The average Bonchev–Trinajstić information content (AvgIpc) is 3.42. The molecule has 30 heavy (non-hydrogen) atoms. The second kappa shape index (κ2) is 9.18. The fraction of sp³-hybridized carbons (Fsp3) is 0.320. The van der Waals surface area contributed by atoms with Crippen molar-refractivity contribution in [2.75, 3.05) is 33.3 Å². The number of ether oxygens (including phenoxy) is 1. The summed E-state index contributed by atoms with van der Waals surface area (Å²) in [5, 5.41) is 3.13. The van der Waals surface area contributed by atoms with E-state index in [0.717, 1.165) is 34.9 Å². The molecular weight excluding hydrogens is 374 g/mol. The lowest BCUT2D eigenvalue weighted by Gasteiger charge is -2.16. The van der Waals surface area contributed by atoms with Crippen LogP contribution in [0, 0.1) is 6.92 Å². The summed E-state index contributed by atoms with van der Waals surface area (Å²) in [6.45, 7) is 6.13. The third-order valence-electron chi connectivity index (χ3n) is 5.96. The summed E-state index contributed by atoms with van der Waals surface area (Å²) in [6.07, 6.45) is 2.59. The van der Waals surface area contributed by atoms with Crippen molar-refractivity contribution in [3.63, 3.8) is 0 Å². The van der Waals surface area contributed by atoms with Gasteiger partial charge in [0.2, 0.25) is 0 Å².